The SMILES string of the molecule is [B]c1cnn2c(NCCCNC(=O)c3ccoc3)cc(-c3ccccc3O)nc12. The molecule has 3 N–H and O–H groups in total. The number of hydrogen-bond donors (Lipinski definition) is 3. The zero-order chi connectivity index (χ0) is 20.2. The standard InChI is InChI=1S/C20H18BN5O3/c21-15-11-24-26-18(22-7-3-8-23-20(28)13-6-9-29-12-13)10-16(25-19(15)26)14-4-1-2-5-17(14)27/h1-2,4-6,9-12,22,27H,3,7-8H2,(H,23,28). The molecule has 2 radical (unpaired) electrons. The van der Waals surface area contributed by atoms with Crippen molar-refractivity contribution in [2.24, 2.45) is 0 Å². The Morgan fingerprint density at radius 2 is 2.10 bits per heavy atom. The summed E-state index contributed by atoms with van der Waals surface area (Å²) in [6, 6.07) is 10.4. The topological polar surface area (TPSA) is 105 Å². The number of phenols is 1. The number of amides is 1. The average molecular weight is 387 g/mol. The van der Waals surface area contributed by atoms with E-state index >= 15 is 0 Å². The first kappa shape index (κ1) is 18.6. The molecule has 0 aliphatic heterocycles. The number of phenolic OH excluding ortho intramolecular Hbond substituents is 1. The third-order valence-electron chi connectivity index (χ3n) is 4.41. The number of nitrogens with one attached hydrogen (secondary N) is 2. The van der Waals surface area contributed by atoms with Gasteiger partial charge >= 0.3 is 0 Å². The van der Waals surface area contributed by atoms with Crippen molar-refractivity contribution < 1.29 is 14.3 Å². The summed E-state index contributed by atoms with van der Waals surface area (Å²) in [5.41, 5.74) is 2.62. The molecular weight excluding hydrogens is 369 g/mol. The van der Waals surface area contributed by atoms with Crippen LogP contribution < -0.4 is 16.1 Å². The lowest BCUT2D eigenvalue weighted by atomic mass is 10.0. The van der Waals surface area contributed by atoms with Gasteiger partial charge < -0.3 is 20.2 Å². The Morgan fingerprint density at radius 1 is 1.24 bits per heavy atom. The molecule has 0 saturated heterocycles. The molecule has 0 saturated carbocycles. The van der Waals surface area contributed by atoms with E-state index in [-0.39, 0.29) is 11.7 Å². The summed E-state index contributed by atoms with van der Waals surface area (Å²) < 4.78 is 6.52. The van der Waals surface area contributed by atoms with E-state index in [1.807, 2.05) is 6.07 Å². The van der Waals surface area contributed by atoms with Crippen molar-refractivity contribution in [2.75, 3.05) is 18.4 Å². The van der Waals surface area contributed by atoms with E-state index in [4.69, 9.17) is 12.3 Å². The first-order chi connectivity index (χ1) is 14.1. The van der Waals surface area contributed by atoms with Gasteiger partial charge in [-0.2, -0.15) is 9.61 Å². The zero-order valence-corrected chi connectivity index (χ0v) is 15.5. The molecule has 0 atom stereocenters. The molecule has 0 unspecified atom stereocenters. The van der Waals surface area contributed by atoms with Crippen LogP contribution in [0.1, 0.15) is 16.8 Å². The van der Waals surface area contributed by atoms with Crippen molar-refractivity contribution in [3.63, 3.8) is 0 Å². The van der Waals surface area contributed by atoms with E-state index in [1.54, 1.807) is 34.8 Å². The Hall–Kier alpha value is -3.75. The van der Waals surface area contributed by atoms with Gasteiger partial charge in [0.2, 0.25) is 0 Å². The maximum atomic E-state index is 11.9. The third-order valence-corrected chi connectivity index (χ3v) is 4.41. The molecule has 3 heterocycles. The number of rotatable bonds is 7. The first-order valence-corrected chi connectivity index (χ1v) is 9.10. The van der Waals surface area contributed by atoms with Gasteiger partial charge in [-0.1, -0.05) is 12.1 Å². The Kier molecular flexibility index (Phi) is 5.19. The molecule has 9 heteroatoms. The van der Waals surface area contributed by atoms with Gasteiger partial charge in [0.05, 0.1) is 17.5 Å². The number of nitrogens with zero attached hydrogens (tertiary/aromatic N) is 3. The Bertz CT molecular complexity index is 1140. The van der Waals surface area contributed by atoms with Crippen LogP contribution >= 0.6 is 0 Å². The highest BCUT2D eigenvalue weighted by Gasteiger charge is 2.12. The second kappa shape index (κ2) is 8.09. The predicted molar refractivity (Wildman–Crippen MR) is 110 cm³/mol. The monoisotopic (exact) mass is 387 g/mol. The Morgan fingerprint density at radius 3 is 2.90 bits per heavy atom. The van der Waals surface area contributed by atoms with Crippen molar-refractivity contribution >= 4 is 30.7 Å². The van der Waals surface area contributed by atoms with Crippen molar-refractivity contribution in [1.82, 2.24) is 19.9 Å². The van der Waals surface area contributed by atoms with Gasteiger partial charge in [-0.25, -0.2) is 4.98 Å². The molecule has 4 rings (SSSR count). The Labute approximate surface area is 168 Å². The summed E-state index contributed by atoms with van der Waals surface area (Å²) in [6.07, 6.45) is 5.09. The fourth-order valence-electron chi connectivity index (χ4n) is 2.94. The van der Waals surface area contributed by atoms with E-state index in [0.717, 1.165) is 0 Å². The number of anilines is 1. The predicted octanol–water partition coefficient (Wildman–Crippen LogP) is 1.72. The van der Waals surface area contributed by atoms with Crippen LogP contribution in [-0.4, -0.2) is 46.5 Å². The minimum absolute atomic E-state index is 0.135. The molecule has 3 aromatic heterocycles. The van der Waals surface area contributed by atoms with Gasteiger partial charge in [0, 0.05) is 30.9 Å². The van der Waals surface area contributed by atoms with Gasteiger partial charge in [-0.05, 0) is 30.1 Å². The molecular formula is C20H18BN5O3. The largest absolute Gasteiger partial charge is 0.507 e. The van der Waals surface area contributed by atoms with E-state index in [2.05, 4.69) is 20.7 Å². The van der Waals surface area contributed by atoms with Crippen molar-refractivity contribution in [2.45, 2.75) is 6.42 Å². The molecule has 0 spiro atoms. The highest BCUT2D eigenvalue weighted by Crippen LogP contribution is 2.29. The van der Waals surface area contributed by atoms with Crippen LogP contribution in [0.5, 0.6) is 5.75 Å². The summed E-state index contributed by atoms with van der Waals surface area (Å²) >= 11 is 0. The quantitative estimate of drug-likeness (QED) is 0.330. The molecule has 0 aliphatic carbocycles. The van der Waals surface area contributed by atoms with Crippen LogP contribution in [0.2, 0.25) is 0 Å². The van der Waals surface area contributed by atoms with Crippen molar-refractivity contribution in [3.05, 3.63) is 60.7 Å². The van der Waals surface area contributed by atoms with Crippen molar-refractivity contribution in [1.29, 1.82) is 0 Å². The van der Waals surface area contributed by atoms with Crippen LogP contribution in [0, 0.1) is 0 Å². The summed E-state index contributed by atoms with van der Waals surface area (Å²) in [6.45, 7) is 1.09. The molecule has 1 amide bonds. The summed E-state index contributed by atoms with van der Waals surface area (Å²) in [5.74, 6) is 0.646. The number of para-hydroxylation sites is 1. The smallest absolute Gasteiger partial charge is 0.254 e. The number of benzene rings is 1. The maximum absolute atomic E-state index is 11.9. The second-order valence-corrected chi connectivity index (χ2v) is 6.43. The van der Waals surface area contributed by atoms with Gasteiger partial charge in [-0.15, -0.1) is 0 Å². The average Bonchev–Trinajstić information content (AvgIpc) is 3.38. The highest BCUT2D eigenvalue weighted by atomic mass is 16.3. The van der Waals surface area contributed by atoms with E-state index < -0.39 is 0 Å². The van der Waals surface area contributed by atoms with E-state index in [9.17, 15) is 9.90 Å². The lowest BCUT2D eigenvalue weighted by Gasteiger charge is -2.12. The number of carbonyl (C=O) groups is 1. The molecule has 0 aliphatic rings. The van der Waals surface area contributed by atoms with Crippen LogP contribution in [0.15, 0.2) is 59.5 Å². The highest BCUT2D eigenvalue weighted by molar-refractivity contribution is 6.36. The van der Waals surface area contributed by atoms with Gasteiger partial charge in [-0.3, -0.25) is 4.79 Å². The summed E-state index contributed by atoms with van der Waals surface area (Å²) in [4.78, 5) is 16.4. The van der Waals surface area contributed by atoms with Gasteiger partial charge in [0.25, 0.3) is 5.91 Å². The van der Waals surface area contributed by atoms with E-state index in [1.165, 1.54) is 18.7 Å². The molecule has 144 valence electrons. The maximum Gasteiger partial charge on any atom is 0.254 e. The second-order valence-electron chi connectivity index (χ2n) is 6.43. The van der Waals surface area contributed by atoms with Crippen LogP contribution in [0.3, 0.4) is 0 Å². The number of carbonyl (C=O) groups excluding carboxylic acids is 1. The molecule has 1 aromatic carbocycles. The number of aromatic nitrogens is 3. The third kappa shape index (κ3) is 3.93. The zero-order valence-electron chi connectivity index (χ0n) is 15.5. The van der Waals surface area contributed by atoms with Crippen molar-refractivity contribution in [3.8, 4) is 17.0 Å². The lowest BCUT2D eigenvalue weighted by Crippen LogP contribution is -2.25. The van der Waals surface area contributed by atoms with Crippen LogP contribution in [0.4, 0.5) is 5.82 Å². The number of fused-ring (bicyclic) bond motifs is 1. The fourth-order valence-corrected chi connectivity index (χ4v) is 2.94. The summed E-state index contributed by atoms with van der Waals surface area (Å²) in [7, 11) is 5.99. The van der Waals surface area contributed by atoms with Crippen LogP contribution in [0.25, 0.3) is 16.9 Å². The normalized spacial score (nSPS) is 10.9. The number of aromatic hydroxyl groups is 1. The minimum Gasteiger partial charge on any atom is -0.507 e. The first-order valence-electron chi connectivity index (χ1n) is 9.10. The number of furan rings is 1. The van der Waals surface area contributed by atoms with Gasteiger partial charge in [0.15, 0.2) is 5.65 Å². The lowest BCUT2D eigenvalue weighted by molar-refractivity contribution is 0.0953. The van der Waals surface area contributed by atoms with Crippen LogP contribution in [-0.2, 0) is 0 Å². The fraction of sp³-hybridized carbons (Fsp3) is 0.150. The van der Waals surface area contributed by atoms with E-state index in [0.29, 0.717) is 53.3 Å². The molecule has 0 fully saturated rings. The molecule has 8 nitrogen and oxygen atoms in total. The summed E-state index contributed by atoms with van der Waals surface area (Å²) in [5, 5.41) is 20.5. The molecule has 4 aromatic rings. The molecule has 0 bridgehead atoms. The minimum atomic E-state index is -0.174. The Balaban J connectivity index is 1.47. The van der Waals surface area contributed by atoms with Gasteiger partial charge in [0.1, 0.15) is 25.7 Å². The molecule has 29 heavy (non-hydrogen) atoms. The number of hydrogen-bond acceptors (Lipinski definition) is 6.